The molecule has 206 valence electrons. The lowest BCUT2D eigenvalue weighted by molar-refractivity contribution is 1.05. The molecule has 0 aliphatic rings. The second-order valence-corrected chi connectivity index (χ2v) is 11.1. The second-order valence-electron chi connectivity index (χ2n) is 10.0. The quantitative estimate of drug-likeness (QED) is 0.204. The molecule has 5 nitrogen and oxygen atoms in total. The van der Waals surface area contributed by atoms with Gasteiger partial charge in [-0.25, -0.2) is 15.0 Å². The highest BCUT2D eigenvalue weighted by Crippen LogP contribution is 2.40. The van der Waals surface area contributed by atoms with Crippen LogP contribution >= 0.6 is 11.3 Å². The van der Waals surface area contributed by atoms with E-state index in [1.165, 1.54) is 14.8 Å². The van der Waals surface area contributed by atoms with Crippen molar-refractivity contribution in [3.05, 3.63) is 139 Å². The number of fused-ring (bicyclic) bond motifs is 6. The molecular formula is C38H23N5S. The molecule has 0 amide bonds. The van der Waals surface area contributed by atoms with Crippen LogP contribution in [-0.2, 0) is 0 Å². The van der Waals surface area contributed by atoms with E-state index >= 15 is 0 Å². The van der Waals surface area contributed by atoms with E-state index in [2.05, 4.69) is 49.9 Å². The highest BCUT2D eigenvalue weighted by molar-refractivity contribution is 7.25. The largest absolute Gasteiger partial charge is 0.308 e. The van der Waals surface area contributed by atoms with Gasteiger partial charge in [0.2, 0.25) is 0 Å². The summed E-state index contributed by atoms with van der Waals surface area (Å²) in [6.07, 6.45) is 1.65. The topological polar surface area (TPSA) is 56.5 Å². The molecule has 9 aromatic rings. The maximum atomic E-state index is 8.58. The van der Waals surface area contributed by atoms with Crippen molar-refractivity contribution in [3.8, 4) is 40.0 Å². The lowest BCUT2D eigenvalue weighted by Gasteiger charge is -2.10. The maximum absolute atomic E-state index is 8.58. The van der Waals surface area contributed by atoms with Crippen molar-refractivity contribution in [1.82, 2.24) is 24.5 Å². The molecule has 0 bridgehead atoms. The van der Waals surface area contributed by atoms with Crippen molar-refractivity contribution in [2.45, 2.75) is 0 Å². The van der Waals surface area contributed by atoms with Crippen LogP contribution in [0.15, 0.2) is 139 Å². The third kappa shape index (κ3) is 4.00. The van der Waals surface area contributed by atoms with Crippen molar-refractivity contribution in [2.24, 2.45) is 0 Å². The average Bonchev–Trinajstić information content (AvgIpc) is 3.71. The molecule has 0 spiro atoms. The van der Waals surface area contributed by atoms with Crippen molar-refractivity contribution >= 4 is 53.3 Å². The molecule has 0 aliphatic carbocycles. The summed E-state index contributed by atoms with van der Waals surface area (Å²) in [4.78, 5) is 18.0. The fourth-order valence-electron chi connectivity index (χ4n) is 5.55. The summed E-state index contributed by atoms with van der Waals surface area (Å²) in [6, 6.07) is 18.4. The third-order valence-electron chi connectivity index (χ3n) is 7.49. The summed E-state index contributed by atoms with van der Waals surface area (Å²) in [5.74, 6) is -0.799. The molecule has 0 radical (unpaired) electrons. The van der Waals surface area contributed by atoms with Gasteiger partial charge in [-0.3, -0.25) is 4.98 Å². The Bertz CT molecular complexity index is 2920. The Morgan fingerprint density at radius 3 is 1.91 bits per heavy atom. The van der Waals surface area contributed by atoms with Crippen LogP contribution in [0.25, 0.3) is 82.0 Å². The number of thiophene rings is 1. The van der Waals surface area contributed by atoms with Crippen LogP contribution in [0.2, 0.25) is 0 Å². The van der Waals surface area contributed by atoms with Gasteiger partial charge in [-0.15, -0.1) is 11.3 Å². The fourth-order valence-corrected chi connectivity index (χ4v) is 6.68. The molecule has 6 heteroatoms. The van der Waals surface area contributed by atoms with Gasteiger partial charge >= 0.3 is 0 Å². The first kappa shape index (κ1) is 16.8. The van der Waals surface area contributed by atoms with Crippen LogP contribution < -0.4 is 0 Å². The first-order chi connectivity index (χ1) is 25.9. The van der Waals surface area contributed by atoms with Gasteiger partial charge in [0.05, 0.1) is 36.6 Å². The normalized spacial score (nSPS) is 14.8. The lowest BCUT2D eigenvalue weighted by Crippen LogP contribution is -2.02. The van der Waals surface area contributed by atoms with Crippen LogP contribution in [0.5, 0.6) is 0 Å². The van der Waals surface area contributed by atoms with E-state index in [4.69, 9.17) is 18.7 Å². The summed E-state index contributed by atoms with van der Waals surface area (Å²) in [6.45, 7) is 0. The van der Waals surface area contributed by atoms with Crippen LogP contribution in [0.4, 0.5) is 0 Å². The Hall–Kier alpha value is -5.72. The third-order valence-corrected chi connectivity index (χ3v) is 8.62. The van der Waals surface area contributed by atoms with E-state index in [1.54, 1.807) is 23.6 Å². The highest BCUT2D eigenvalue weighted by atomic mass is 32.1. The summed E-state index contributed by atoms with van der Waals surface area (Å²) in [5, 5.41) is 4.46. The number of aromatic nitrogens is 5. The molecule has 0 unspecified atom stereocenters. The van der Waals surface area contributed by atoms with Crippen molar-refractivity contribution in [1.29, 1.82) is 0 Å². The number of nitrogens with zero attached hydrogens (tertiary/aromatic N) is 5. The summed E-state index contributed by atoms with van der Waals surface area (Å²) < 4.78 is 87.8. The van der Waals surface area contributed by atoms with E-state index < -0.39 is 60.4 Å². The Morgan fingerprint density at radius 1 is 0.545 bits per heavy atom. The van der Waals surface area contributed by atoms with Gasteiger partial charge in [0.15, 0.2) is 17.5 Å². The van der Waals surface area contributed by atoms with Crippen LogP contribution in [0.3, 0.4) is 0 Å². The Labute approximate surface area is 270 Å². The number of hydrogen-bond acceptors (Lipinski definition) is 5. The van der Waals surface area contributed by atoms with Gasteiger partial charge in [-0.2, -0.15) is 0 Å². The molecule has 4 aromatic heterocycles. The number of rotatable bonds is 4. The predicted octanol–water partition coefficient (Wildman–Crippen LogP) is 9.73. The molecule has 5 aromatic carbocycles. The van der Waals surface area contributed by atoms with E-state index in [0.29, 0.717) is 0 Å². The van der Waals surface area contributed by atoms with Gasteiger partial charge in [-0.05, 0) is 36.4 Å². The predicted molar refractivity (Wildman–Crippen MR) is 181 cm³/mol. The van der Waals surface area contributed by atoms with E-state index in [-0.39, 0.29) is 34.3 Å². The van der Waals surface area contributed by atoms with Gasteiger partial charge in [-0.1, -0.05) is 96.8 Å². The molecule has 0 saturated carbocycles. The molecule has 4 heterocycles. The first-order valence-electron chi connectivity index (χ1n) is 18.7. The first-order valence-corrected chi connectivity index (χ1v) is 14.5. The number of benzene rings is 5. The minimum atomic E-state index is -0.612. The molecule has 0 aliphatic heterocycles. The second kappa shape index (κ2) is 9.93. The summed E-state index contributed by atoms with van der Waals surface area (Å²) in [7, 11) is 0. The average molecular weight is 592 g/mol. The molecule has 0 saturated heterocycles. The number of hydrogen-bond donors (Lipinski definition) is 0. The van der Waals surface area contributed by atoms with Gasteiger partial charge in [0, 0.05) is 42.1 Å². The molecule has 44 heavy (non-hydrogen) atoms. The number of para-hydroxylation sites is 1. The van der Waals surface area contributed by atoms with Crippen molar-refractivity contribution in [3.63, 3.8) is 0 Å². The van der Waals surface area contributed by atoms with Crippen LogP contribution in [-0.4, -0.2) is 24.5 Å². The molecular weight excluding hydrogens is 559 g/mol. The van der Waals surface area contributed by atoms with Crippen molar-refractivity contribution in [2.75, 3.05) is 0 Å². The van der Waals surface area contributed by atoms with E-state index in [1.807, 2.05) is 36.4 Å². The monoisotopic (exact) mass is 591 g/mol. The zero-order valence-corrected chi connectivity index (χ0v) is 23.5. The zero-order valence-electron chi connectivity index (χ0n) is 32.6. The maximum Gasteiger partial charge on any atom is 0.182 e. The SMILES string of the molecule is [2H]c1c([2H])c([2H])c(-c2nc(-c3ccc(-n4c5ccccc5c5cc6sc7ccccc7c6cc54)cn3)nc(-c3c([2H])c([2H])c([2H])c([2H])c3[2H])n2)c([2H])c1[2H]. The van der Waals surface area contributed by atoms with Gasteiger partial charge in [0.25, 0.3) is 0 Å². The van der Waals surface area contributed by atoms with Gasteiger partial charge < -0.3 is 4.57 Å². The fraction of sp³-hybridized carbons (Fsp3) is 0. The summed E-state index contributed by atoms with van der Waals surface area (Å²) >= 11 is 1.75. The Balaban J connectivity index is 1.26. The Morgan fingerprint density at radius 2 is 1.20 bits per heavy atom. The highest BCUT2D eigenvalue weighted by Gasteiger charge is 2.17. The van der Waals surface area contributed by atoms with Crippen LogP contribution in [0.1, 0.15) is 13.7 Å². The Kier molecular flexibility index (Phi) is 3.79. The smallest absolute Gasteiger partial charge is 0.182 e. The van der Waals surface area contributed by atoms with E-state index in [9.17, 15) is 0 Å². The van der Waals surface area contributed by atoms with Gasteiger partial charge in [0.1, 0.15) is 5.69 Å². The molecule has 0 fully saturated rings. The molecule has 9 rings (SSSR count). The lowest BCUT2D eigenvalue weighted by atomic mass is 10.1. The van der Waals surface area contributed by atoms with Crippen molar-refractivity contribution < 1.29 is 13.7 Å². The zero-order chi connectivity index (χ0) is 37.7. The van der Waals surface area contributed by atoms with E-state index in [0.717, 1.165) is 32.9 Å². The minimum absolute atomic E-state index is 0.103. The standard InChI is InChI=1S/C38H23N5S/c1-3-11-24(12-4-1)36-40-37(25-13-5-2-6-14-25)42-38(41-36)31-20-19-26(23-39-31)43-32-17-9-7-15-27(32)29-22-35-30(21-33(29)43)28-16-8-10-18-34(28)44-35/h1-23H/i1D,2D,3D,4D,5D,6D,11D,12D,13D,14D. The molecule has 0 N–H and O–H groups in total. The molecule has 0 atom stereocenters. The summed E-state index contributed by atoms with van der Waals surface area (Å²) in [5.41, 5.74) is 2.20. The minimum Gasteiger partial charge on any atom is -0.308 e. The van der Waals surface area contributed by atoms with Crippen LogP contribution in [0, 0.1) is 0 Å². The number of pyridine rings is 1.